The summed E-state index contributed by atoms with van der Waals surface area (Å²) >= 11 is 5.85. The monoisotopic (exact) mass is 417 g/mol. The first-order valence-corrected chi connectivity index (χ1v) is 9.79. The number of nitrogens with one attached hydrogen (secondary N) is 1. The molecule has 1 heterocycles. The van der Waals surface area contributed by atoms with E-state index in [9.17, 15) is 19.2 Å². The van der Waals surface area contributed by atoms with E-state index >= 15 is 0 Å². The number of ether oxygens (including phenoxy) is 1. The molecule has 1 aromatic rings. The molecule has 1 aliphatic heterocycles. The van der Waals surface area contributed by atoms with Crippen LogP contribution < -0.4 is 5.32 Å². The lowest BCUT2D eigenvalue weighted by Crippen LogP contribution is -2.33. The van der Waals surface area contributed by atoms with Gasteiger partial charge in [-0.25, -0.2) is 0 Å². The number of carbonyl (C=O) groups is 4. The van der Waals surface area contributed by atoms with Gasteiger partial charge in [0, 0.05) is 11.6 Å². The van der Waals surface area contributed by atoms with E-state index in [0.29, 0.717) is 17.9 Å². The number of esters is 1. The highest BCUT2D eigenvalue weighted by Gasteiger charge is 2.47. The molecule has 2 fully saturated rings. The number of imide groups is 1. The number of likely N-dealkylation sites (tertiary alicyclic amines) is 1. The van der Waals surface area contributed by atoms with Gasteiger partial charge in [-0.15, -0.1) is 0 Å². The Kier molecular flexibility index (Phi) is 6.49. The van der Waals surface area contributed by atoms with Gasteiger partial charge in [-0.3, -0.25) is 24.1 Å². The van der Waals surface area contributed by atoms with Crippen LogP contribution in [0.5, 0.6) is 0 Å². The highest BCUT2D eigenvalue weighted by molar-refractivity contribution is 6.31. The molecule has 3 rings (SSSR count). The van der Waals surface area contributed by atoms with Crippen LogP contribution in [0.15, 0.2) is 18.2 Å². The van der Waals surface area contributed by atoms with E-state index in [4.69, 9.17) is 21.6 Å². The molecular weight excluding hydrogens is 398 g/mol. The number of fused-ring (bicyclic) bond motifs is 1. The van der Waals surface area contributed by atoms with Crippen LogP contribution in [-0.2, 0) is 23.9 Å². The van der Waals surface area contributed by atoms with Gasteiger partial charge in [-0.05, 0) is 31.0 Å². The van der Waals surface area contributed by atoms with Crippen molar-refractivity contribution < 1.29 is 23.9 Å². The second-order valence-corrected chi connectivity index (χ2v) is 7.52. The predicted octanol–water partition coefficient (Wildman–Crippen LogP) is 2.26. The quantitative estimate of drug-likeness (QED) is 0.560. The SMILES string of the molecule is N#Cc1ccc(Cl)cc1NC(=O)COC(=O)CCN1C(=O)[C@H]2CCCC[C@H]2C1=O. The van der Waals surface area contributed by atoms with Crippen molar-refractivity contribution >= 4 is 41.0 Å². The number of anilines is 1. The molecule has 1 aromatic carbocycles. The molecule has 1 N–H and O–H groups in total. The first kappa shape index (κ1) is 20.8. The number of nitrogens with zero attached hydrogens (tertiary/aromatic N) is 2. The van der Waals surface area contributed by atoms with E-state index in [2.05, 4.69) is 5.32 Å². The van der Waals surface area contributed by atoms with Gasteiger partial charge in [-0.2, -0.15) is 5.26 Å². The Morgan fingerprint density at radius 2 is 1.86 bits per heavy atom. The van der Waals surface area contributed by atoms with Crippen LogP contribution in [0, 0.1) is 23.2 Å². The molecular formula is C20H20ClN3O5. The summed E-state index contributed by atoms with van der Waals surface area (Å²) in [5.74, 6) is -2.26. The summed E-state index contributed by atoms with van der Waals surface area (Å²) in [5.41, 5.74) is 0.443. The molecule has 0 radical (unpaired) electrons. The van der Waals surface area contributed by atoms with Gasteiger partial charge in [0.25, 0.3) is 5.91 Å². The molecule has 8 nitrogen and oxygen atoms in total. The van der Waals surface area contributed by atoms with Gasteiger partial charge in [0.15, 0.2) is 6.61 Å². The molecule has 0 bridgehead atoms. The second-order valence-electron chi connectivity index (χ2n) is 7.09. The van der Waals surface area contributed by atoms with Crippen LogP contribution >= 0.6 is 11.6 Å². The summed E-state index contributed by atoms with van der Waals surface area (Å²) < 4.78 is 4.91. The molecule has 0 aromatic heterocycles. The first-order valence-electron chi connectivity index (χ1n) is 9.41. The van der Waals surface area contributed by atoms with Crippen LogP contribution in [0.1, 0.15) is 37.7 Å². The zero-order valence-corrected chi connectivity index (χ0v) is 16.4. The minimum atomic E-state index is -0.692. The van der Waals surface area contributed by atoms with Crippen LogP contribution in [0.3, 0.4) is 0 Å². The smallest absolute Gasteiger partial charge is 0.308 e. The average Bonchev–Trinajstić information content (AvgIpc) is 2.95. The minimum absolute atomic E-state index is 0.0437. The number of hydrogen-bond acceptors (Lipinski definition) is 6. The number of rotatable bonds is 6. The number of amides is 3. The van der Waals surface area contributed by atoms with Crippen LogP contribution in [0.4, 0.5) is 5.69 Å². The van der Waals surface area contributed by atoms with E-state index < -0.39 is 18.5 Å². The van der Waals surface area contributed by atoms with Crippen molar-refractivity contribution in [2.45, 2.75) is 32.1 Å². The van der Waals surface area contributed by atoms with E-state index in [0.717, 1.165) is 17.7 Å². The highest BCUT2D eigenvalue weighted by atomic mass is 35.5. The van der Waals surface area contributed by atoms with E-state index in [-0.39, 0.29) is 47.9 Å². The first-order chi connectivity index (χ1) is 13.9. The van der Waals surface area contributed by atoms with E-state index in [1.54, 1.807) is 0 Å². The molecule has 2 atom stereocenters. The maximum absolute atomic E-state index is 12.4. The maximum Gasteiger partial charge on any atom is 0.308 e. The third-order valence-corrected chi connectivity index (χ3v) is 5.45. The van der Waals surface area contributed by atoms with E-state index in [1.165, 1.54) is 18.2 Å². The van der Waals surface area contributed by atoms with Crippen molar-refractivity contribution in [2.75, 3.05) is 18.5 Å². The number of carbonyl (C=O) groups excluding carboxylic acids is 4. The molecule has 29 heavy (non-hydrogen) atoms. The fourth-order valence-corrected chi connectivity index (χ4v) is 3.95. The lowest BCUT2D eigenvalue weighted by Gasteiger charge is -2.19. The van der Waals surface area contributed by atoms with Gasteiger partial charge >= 0.3 is 5.97 Å². The summed E-state index contributed by atoms with van der Waals surface area (Å²) in [4.78, 5) is 49.8. The predicted molar refractivity (Wildman–Crippen MR) is 103 cm³/mol. The van der Waals surface area contributed by atoms with Gasteiger partial charge < -0.3 is 10.1 Å². The van der Waals surface area contributed by atoms with Crippen molar-refractivity contribution in [3.63, 3.8) is 0 Å². The third-order valence-electron chi connectivity index (χ3n) is 5.21. The molecule has 1 saturated carbocycles. The maximum atomic E-state index is 12.4. The Balaban J connectivity index is 1.46. The molecule has 1 aliphatic carbocycles. The van der Waals surface area contributed by atoms with Gasteiger partial charge in [0.2, 0.25) is 11.8 Å². The zero-order chi connectivity index (χ0) is 21.0. The largest absolute Gasteiger partial charge is 0.456 e. The Morgan fingerprint density at radius 3 is 2.48 bits per heavy atom. The Morgan fingerprint density at radius 1 is 1.21 bits per heavy atom. The van der Waals surface area contributed by atoms with Gasteiger partial charge in [0.05, 0.1) is 29.5 Å². The zero-order valence-electron chi connectivity index (χ0n) is 15.7. The average molecular weight is 418 g/mol. The summed E-state index contributed by atoms with van der Waals surface area (Å²) in [7, 11) is 0. The Hall–Kier alpha value is -2.92. The van der Waals surface area contributed by atoms with Crippen LogP contribution in [0.25, 0.3) is 0 Å². The molecule has 0 spiro atoms. The summed E-state index contributed by atoms with van der Waals surface area (Å²) in [6, 6.07) is 6.33. The molecule has 152 valence electrons. The van der Waals surface area contributed by atoms with Crippen molar-refractivity contribution in [2.24, 2.45) is 11.8 Å². The summed E-state index contributed by atoms with van der Waals surface area (Å²) in [6.07, 6.45) is 3.12. The van der Waals surface area contributed by atoms with Crippen molar-refractivity contribution in [1.82, 2.24) is 4.90 Å². The Labute approximate surface area is 172 Å². The summed E-state index contributed by atoms with van der Waals surface area (Å²) in [5, 5.41) is 11.8. The van der Waals surface area contributed by atoms with E-state index in [1.807, 2.05) is 6.07 Å². The molecule has 1 saturated heterocycles. The summed E-state index contributed by atoms with van der Waals surface area (Å²) in [6.45, 7) is -0.596. The fraction of sp³-hybridized carbons (Fsp3) is 0.450. The highest BCUT2D eigenvalue weighted by Crippen LogP contribution is 2.37. The van der Waals surface area contributed by atoms with Crippen molar-refractivity contribution in [3.05, 3.63) is 28.8 Å². The minimum Gasteiger partial charge on any atom is -0.456 e. The van der Waals surface area contributed by atoms with Crippen LogP contribution in [-0.4, -0.2) is 41.7 Å². The van der Waals surface area contributed by atoms with Crippen molar-refractivity contribution in [1.29, 1.82) is 5.26 Å². The third kappa shape index (κ3) is 4.74. The Bertz CT molecular complexity index is 871. The second kappa shape index (κ2) is 9.05. The standard InChI is InChI=1S/C20H20ClN3O5/c21-13-6-5-12(10-22)16(9-13)23-17(25)11-29-18(26)7-8-24-19(27)14-3-1-2-4-15(14)20(24)28/h5-6,9,14-15H,1-4,7-8,11H2,(H,23,25)/t14-,15+. The lowest BCUT2D eigenvalue weighted by atomic mass is 9.81. The topological polar surface area (TPSA) is 117 Å². The number of benzene rings is 1. The molecule has 3 amide bonds. The van der Waals surface area contributed by atoms with Gasteiger partial charge in [-0.1, -0.05) is 24.4 Å². The number of halogens is 1. The lowest BCUT2D eigenvalue weighted by molar-refractivity contribution is -0.148. The van der Waals surface area contributed by atoms with Crippen LogP contribution in [0.2, 0.25) is 5.02 Å². The number of nitriles is 1. The normalized spacial score (nSPS) is 20.8. The van der Waals surface area contributed by atoms with Gasteiger partial charge in [0.1, 0.15) is 6.07 Å². The molecule has 9 heteroatoms. The van der Waals surface area contributed by atoms with Crippen molar-refractivity contribution in [3.8, 4) is 6.07 Å². The fourth-order valence-electron chi connectivity index (χ4n) is 3.78. The number of hydrogen-bond donors (Lipinski definition) is 1. The molecule has 2 aliphatic rings. The molecule has 0 unspecified atom stereocenters.